The van der Waals surface area contributed by atoms with Crippen molar-refractivity contribution in [3.05, 3.63) is 59.7 Å². The van der Waals surface area contributed by atoms with Crippen LogP contribution in [0.25, 0.3) is 0 Å². The van der Waals surface area contributed by atoms with Gasteiger partial charge in [-0.05, 0) is 62.7 Å². The fraction of sp³-hybridized carbons (Fsp3) is 0.364. The van der Waals surface area contributed by atoms with Crippen molar-refractivity contribution in [1.29, 1.82) is 0 Å². The summed E-state index contributed by atoms with van der Waals surface area (Å²) in [6.07, 6.45) is -0.622. The third-order valence-electron chi connectivity index (χ3n) is 4.45. The molecule has 0 aromatic heterocycles. The highest BCUT2D eigenvalue weighted by Crippen LogP contribution is 2.15. The third-order valence-corrected chi connectivity index (χ3v) is 4.45. The van der Waals surface area contributed by atoms with Gasteiger partial charge < -0.3 is 19.7 Å². The molecule has 1 unspecified atom stereocenters. The van der Waals surface area contributed by atoms with E-state index in [9.17, 15) is 9.59 Å². The summed E-state index contributed by atoms with van der Waals surface area (Å²) >= 11 is 0. The van der Waals surface area contributed by atoms with Gasteiger partial charge >= 0.3 is 0 Å². The SMILES string of the molecule is CCN(CC)C(=O)c1ccc(NC(=O)C(C)OCc2cccc(OC)c2)cc1. The van der Waals surface area contributed by atoms with Crippen LogP contribution >= 0.6 is 0 Å². The van der Waals surface area contributed by atoms with Crippen molar-refractivity contribution in [1.82, 2.24) is 4.90 Å². The largest absolute Gasteiger partial charge is 0.497 e. The highest BCUT2D eigenvalue weighted by Gasteiger charge is 2.15. The molecule has 0 heterocycles. The second kappa shape index (κ2) is 10.5. The Balaban J connectivity index is 1.90. The second-order valence-corrected chi connectivity index (χ2v) is 6.35. The van der Waals surface area contributed by atoms with Gasteiger partial charge in [0.2, 0.25) is 0 Å². The fourth-order valence-electron chi connectivity index (χ4n) is 2.69. The Morgan fingerprint density at radius 2 is 1.75 bits per heavy atom. The molecule has 0 aliphatic rings. The van der Waals surface area contributed by atoms with E-state index < -0.39 is 6.10 Å². The lowest BCUT2D eigenvalue weighted by molar-refractivity contribution is -0.127. The minimum absolute atomic E-state index is 0.0159. The van der Waals surface area contributed by atoms with E-state index in [0.717, 1.165) is 11.3 Å². The molecule has 0 fully saturated rings. The predicted octanol–water partition coefficient (Wildman–Crippen LogP) is 3.72. The van der Waals surface area contributed by atoms with Gasteiger partial charge in [0.15, 0.2) is 0 Å². The van der Waals surface area contributed by atoms with Crippen LogP contribution in [-0.4, -0.2) is 43.0 Å². The minimum Gasteiger partial charge on any atom is -0.497 e. The monoisotopic (exact) mass is 384 g/mol. The molecule has 0 bridgehead atoms. The molecule has 28 heavy (non-hydrogen) atoms. The van der Waals surface area contributed by atoms with Crippen LogP contribution in [0.2, 0.25) is 0 Å². The number of nitrogens with zero attached hydrogens (tertiary/aromatic N) is 1. The molecule has 0 saturated carbocycles. The van der Waals surface area contributed by atoms with E-state index in [-0.39, 0.29) is 11.8 Å². The number of amides is 2. The lowest BCUT2D eigenvalue weighted by Crippen LogP contribution is -2.30. The Bertz CT molecular complexity index is 785. The lowest BCUT2D eigenvalue weighted by Gasteiger charge is -2.19. The number of hydrogen-bond acceptors (Lipinski definition) is 4. The number of rotatable bonds is 9. The Morgan fingerprint density at radius 1 is 1.07 bits per heavy atom. The molecule has 0 aliphatic heterocycles. The highest BCUT2D eigenvalue weighted by molar-refractivity contribution is 5.96. The van der Waals surface area contributed by atoms with Gasteiger partial charge in [0, 0.05) is 24.3 Å². The van der Waals surface area contributed by atoms with Gasteiger partial charge in [-0.3, -0.25) is 9.59 Å². The number of carbonyl (C=O) groups excluding carboxylic acids is 2. The van der Waals surface area contributed by atoms with Crippen LogP contribution in [0.4, 0.5) is 5.69 Å². The maximum absolute atomic E-state index is 12.3. The number of carbonyl (C=O) groups is 2. The van der Waals surface area contributed by atoms with E-state index >= 15 is 0 Å². The van der Waals surface area contributed by atoms with Crippen LogP contribution in [0.3, 0.4) is 0 Å². The molecule has 2 rings (SSSR count). The number of anilines is 1. The summed E-state index contributed by atoms with van der Waals surface area (Å²) in [6.45, 7) is 7.23. The van der Waals surface area contributed by atoms with Crippen LogP contribution < -0.4 is 10.1 Å². The quantitative estimate of drug-likeness (QED) is 0.715. The molecule has 6 heteroatoms. The molecule has 1 atom stereocenters. The first-order valence-corrected chi connectivity index (χ1v) is 9.43. The zero-order valence-electron chi connectivity index (χ0n) is 16.9. The summed E-state index contributed by atoms with van der Waals surface area (Å²) in [5.74, 6) is 0.487. The molecule has 2 aromatic carbocycles. The van der Waals surface area contributed by atoms with Gasteiger partial charge in [-0.1, -0.05) is 12.1 Å². The van der Waals surface area contributed by atoms with E-state index in [4.69, 9.17) is 9.47 Å². The van der Waals surface area contributed by atoms with Gasteiger partial charge in [0.05, 0.1) is 13.7 Å². The van der Waals surface area contributed by atoms with Crippen LogP contribution in [0.5, 0.6) is 5.75 Å². The summed E-state index contributed by atoms with van der Waals surface area (Å²) in [4.78, 5) is 26.4. The zero-order valence-corrected chi connectivity index (χ0v) is 16.9. The lowest BCUT2D eigenvalue weighted by atomic mass is 10.1. The van der Waals surface area contributed by atoms with Crippen LogP contribution in [0, 0.1) is 0 Å². The van der Waals surface area contributed by atoms with Crippen molar-refractivity contribution in [2.24, 2.45) is 0 Å². The number of benzene rings is 2. The van der Waals surface area contributed by atoms with Crippen LogP contribution in [0.15, 0.2) is 48.5 Å². The summed E-state index contributed by atoms with van der Waals surface area (Å²) in [6, 6.07) is 14.4. The first-order chi connectivity index (χ1) is 13.5. The molecular formula is C22H28N2O4. The van der Waals surface area contributed by atoms with Crippen molar-refractivity contribution >= 4 is 17.5 Å². The van der Waals surface area contributed by atoms with E-state index in [1.165, 1.54) is 0 Å². The van der Waals surface area contributed by atoms with E-state index in [1.807, 2.05) is 38.1 Å². The van der Waals surface area contributed by atoms with Crippen molar-refractivity contribution in [2.75, 3.05) is 25.5 Å². The van der Waals surface area contributed by atoms with E-state index in [0.29, 0.717) is 30.9 Å². The van der Waals surface area contributed by atoms with Crippen molar-refractivity contribution < 1.29 is 19.1 Å². The molecule has 2 aromatic rings. The molecule has 0 aliphatic carbocycles. The zero-order chi connectivity index (χ0) is 20.5. The fourth-order valence-corrected chi connectivity index (χ4v) is 2.69. The number of ether oxygens (including phenoxy) is 2. The number of methoxy groups -OCH3 is 1. The van der Waals surface area contributed by atoms with Gasteiger partial charge in [0.25, 0.3) is 11.8 Å². The van der Waals surface area contributed by atoms with Gasteiger partial charge in [-0.25, -0.2) is 0 Å². The maximum atomic E-state index is 12.3. The van der Waals surface area contributed by atoms with Gasteiger partial charge in [-0.2, -0.15) is 0 Å². The van der Waals surface area contributed by atoms with Crippen molar-refractivity contribution in [2.45, 2.75) is 33.5 Å². The average Bonchev–Trinajstić information content (AvgIpc) is 2.73. The van der Waals surface area contributed by atoms with Gasteiger partial charge in [0.1, 0.15) is 11.9 Å². The number of hydrogen-bond donors (Lipinski definition) is 1. The van der Waals surface area contributed by atoms with E-state index in [2.05, 4.69) is 5.32 Å². The van der Waals surface area contributed by atoms with Crippen LogP contribution in [-0.2, 0) is 16.1 Å². The van der Waals surface area contributed by atoms with Crippen molar-refractivity contribution in [3.63, 3.8) is 0 Å². The summed E-state index contributed by atoms with van der Waals surface area (Å²) < 4.78 is 10.8. The Morgan fingerprint density at radius 3 is 2.36 bits per heavy atom. The highest BCUT2D eigenvalue weighted by atomic mass is 16.5. The molecule has 6 nitrogen and oxygen atoms in total. The predicted molar refractivity (Wildman–Crippen MR) is 110 cm³/mol. The Kier molecular flexibility index (Phi) is 8.02. The molecular weight excluding hydrogens is 356 g/mol. The average molecular weight is 384 g/mol. The third kappa shape index (κ3) is 5.82. The summed E-state index contributed by atoms with van der Waals surface area (Å²) in [5, 5.41) is 2.81. The first-order valence-electron chi connectivity index (χ1n) is 9.43. The molecule has 0 radical (unpaired) electrons. The van der Waals surface area contributed by atoms with Crippen LogP contribution in [0.1, 0.15) is 36.7 Å². The molecule has 1 N–H and O–H groups in total. The van der Waals surface area contributed by atoms with Crippen molar-refractivity contribution in [3.8, 4) is 5.75 Å². The minimum atomic E-state index is -0.622. The molecule has 150 valence electrons. The molecule has 0 saturated heterocycles. The standard InChI is InChI=1S/C22H28N2O4/c1-5-24(6-2)22(26)18-10-12-19(13-11-18)23-21(25)16(3)28-15-17-8-7-9-20(14-17)27-4/h7-14,16H,5-6,15H2,1-4H3,(H,23,25). The topological polar surface area (TPSA) is 67.9 Å². The maximum Gasteiger partial charge on any atom is 0.253 e. The second-order valence-electron chi connectivity index (χ2n) is 6.35. The summed E-state index contributed by atoms with van der Waals surface area (Å²) in [5.41, 5.74) is 2.15. The number of nitrogens with one attached hydrogen (secondary N) is 1. The first kappa shape index (κ1) is 21.4. The Labute approximate surface area is 166 Å². The normalized spacial score (nSPS) is 11.6. The summed E-state index contributed by atoms with van der Waals surface area (Å²) in [7, 11) is 1.61. The molecule has 2 amide bonds. The molecule has 0 spiro atoms. The smallest absolute Gasteiger partial charge is 0.253 e. The van der Waals surface area contributed by atoms with E-state index in [1.54, 1.807) is 43.2 Å². The van der Waals surface area contributed by atoms with Gasteiger partial charge in [-0.15, -0.1) is 0 Å². The Hall–Kier alpha value is -2.86.